The predicted octanol–water partition coefficient (Wildman–Crippen LogP) is 3.68. The van der Waals surface area contributed by atoms with Crippen LogP contribution in [0.15, 0.2) is 36.4 Å². The van der Waals surface area contributed by atoms with E-state index < -0.39 is 0 Å². The summed E-state index contributed by atoms with van der Waals surface area (Å²) in [6.45, 7) is 4.92. The molecule has 0 radical (unpaired) electrons. The third-order valence-electron chi connectivity index (χ3n) is 3.23. The maximum atomic E-state index is 13.1. The number of nitrogens with two attached hydrogens (primary N) is 1. The normalized spacial score (nSPS) is 10.5. The predicted molar refractivity (Wildman–Crippen MR) is 78.9 cm³/mol. The van der Waals surface area contributed by atoms with E-state index in [1.165, 1.54) is 28.8 Å². The Balaban J connectivity index is 2.00. The van der Waals surface area contributed by atoms with Crippen molar-refractivity contribution in [2.24, 2.45) is 0 Å². The van der Waals surface area contributed by atoms with Crippen LogP contribution in [0.1, 0.15) is 16.7 Å². The van der Waals surface area contributed by atoms with Gasteiger partial charge in [0.2, 0.25) is 0 Å². The van der Waals surface area contributed by atoms with Gasteiger partial charge in [0.25, 0.3) is 0 Å². The smallest absolute Gasteiger partial charge is 0.125 e. The molecule has 0 atom stereocenters. The molecule has 0 aliphatic rings. The summed E-state index contributed by atoms with van der Waals surface area (Å²) in [7, 11) is 0. The van der Waals surface area contributed by atoms with Gasteiger partial charge in [-0.15, -0.1) is 0 Å². The maximum absolute atomic E-state index is 13.1. The average Bonchev–Trinajstić information content (AvgIpc) is 2.38. The van der Waals surface area contributed by atoms with Crippen LogP contribution in [-0.2, 0) is 6.42 Å². The van der Waals surface area contributed by atoms with Crippen LogP contribution >= 0.6 is 0 Å². The lowest BCUT2D eigenvalue weighted by Crippen LogP contribution is -2.08. The summed E-state index contributed by atoms with van der Waals surface area (Å²) in [5, 5.41) is 3.18. The molecule has 0 amide bonds. The lowest BCUT2D eigenvalue weighted by Gasteiger charge is -2.11. The molecule has 19 heavy (non-hydrogen) atoms. The maximum Gasteiger partial charge on any atom is 0.125 e. The summed E-state index contributed by atoms with van der Waals surface area (Å²) in [5.74, 6) is -0.275. The van der Waals surface area contributed by atoms with E-state index in [-0.39, 0.29) is 5.82 Å². The number of halogens is 1. The minimum absolute atomic E-state index is 0.275. The van der Waals surface area contributed by atoms with Crippen LogP contribution in [0.5, 0.6) is 0 Å². The van der Waals surface area contributed by atoms with E-state index in [0.29, 0.717) is 11.4 Å². The Bertz CT molecular complexity index is 527. The van der Waals surface area contributed by atoms with Crippen LogP contribution in [0, 0.1) is 19.7 Å². The van der Waals surface area contributed by atoms with Gasteiger partial charge >= 0.3 is 0 Å². The highest BCUT2D eigenvalue weighted by atomic mass is 19.1. The van der Waals surface area contributed by atoms with Crippen LogP contribution in [-0.4, -0.2) is 6.54 Å². The van der Waals surface area contributed by atoms with Crippen LogP contribution in [0.3, 0.4) is 0 Å². The van der Waals surface area contributed by atoms with Crippen molar-refractivity contribution in [3.05, 3.63) is 58.9 Å². The molecule has 0 spiro atoms. The number of rotatable bonds is 4. The molecule has 0 saturated carbocycles. The number of nitrogens with one attached hydrogen (secondary N) is 1. The number of anilines is 2. The molecule has 0 unspecified atom stereocenters. The number of benzene rings is 2. The van der Waals surface area contributed by atoms with Gasteiger partial charge in [0.1, 0.15) is 5.82 Å². The van der Waals surface area contributed by atoms with E-state index in [1.807, 2.05) is 0 Å². The number of hydrogen-bond acceptors (Lipinski definition) is 2. The molecule has 2 rings (SSSR count). The van der Waals surface area contributed by atoms with Crippen molar-refractivity contribution in [1.82, 2.24) is 0 Å². The summed E-state index contributed by atoms with van der Waals surface area (Å²) in [5.41, 5.74) is 10.9. The fraction of sp³-hybridized carbons (Fsp3) is 0.250. The van der Waals surface area contributed by atoms with Crippen molar-refractivity contribution in [1.29, 1.82) is 0 Å². The summed E-state index contributed by atoms with van der Waals surface area (Å²) in [6, 6.07) is 10.8. The highest BCUT2D eigenvalue weighted by Crippen LogP contribution is 2.19. The summed E-state index contributed by atoms with van der Waals surface area (Å²) in [4.78, 5) is 0. The van der Waals surface area contributed by atoms with Crippen molar-refractivity contribution in [2.75, 3.05) is 17.6 Å². The number of nitrogen functional groups attached to an aromatic ring is 1. The molecule has 2 aromatic carbocycles. The molecule has 3 heteroatoms. The van der Waals surface area contributed by atoms with E-state index in [9.17, 15) is 4.39 Å². The van der Waals surface area contributed by atoms with Gasteiger partial charge in [-0.3, -0.25) is 0 Å². The second kappa shape index (κ2) is 5.74. The first-order valence-corrected chi connectivity index (χ1v) is 6.41. The molecule has 0 aromatic heterocycles. The Morgan fingerprint density at radius 3 is 2.68 bits per heavy atom. The molecule has 0 heterocycles. The van der Waals surface area contributed by atoms with E-state index in [2.05, 4.69) is 37.4 Å². The molecule has 100 valence electrons. The molecular formula is C16H19FN2. The van der Waals surface area contributed by atoms with Crippen molar-refractivity contribution >= 4 is 11.4 Å². The summed E-state index contributed by atoms with van der Waals surface area (Å²) in [6.07, 6.45) is 0.892. The second-order valence-corrected chi connectivity index (χ2v) is 4.84. The van der Waals surface area contributed by atoms with Crippen LogP contribution in [0.4, 0.5) is 15.8 Å². The Labute approximate surface area is 113 Å². The van der Waals surface area contributed by atoms with E-state index in [4.69, 9.17) is 5.73 Å². The minimum atomic E-state index is -0.275. The molecule has 0 aliphatic heterocycles. The van der Waals surface area contributed by atoms with Gasteiger partial charge in [-0.25, -0.2) is 4.39 Å². The fourth-order valence-electron chi connectivity index (χ4n) is 2.08. The van der Waals surface area contributed by atoms with Gasteiger partial charge < -0.3 is 11.1 Å². The third-order valence-corrected chi connectivity index (χ3v) is 3.23. The van der Waals surface area contributed by atoms with E-state index in [1.54, 1.807) is 6.07 Å². The van der Waals surface area contributed by atoms with Gasteiger partial charge in [-0.1, -0.05) is 23.8 Å². The van der Waals surface area contributed by atoms with Crippen LogP contribution in [0.2, 0.25) is 0 Å². The van der Waals surface area contributed by atoms with E-state index >= 15 is 0 Å². The molecular weight excluding hydrogens is 239 g/mol. The lowest BCUT2D eigenvalue weighted by molar-refractivity contribution is 0.628. The molecule has 3 N–H and O–H groups in total. The van der Waals surface area contributed by atoms with Gasteiger partial charge in [0.05, 0.1) is 11.4 Å². The van der Waals surface area contributed by atoms with E-state index in [0.717, 1.165) is 13.0 Å². The SMILES string of the molecule is Cc1ccc(C)c(CCNc2cc(F)ccc2N)c1. The van der Waals surface area contributed by atoms with Crippen molar-refractivity contribution in [3.63, 3.8) is 0 Å². The monoisotopic (exact) mass is 258 g/mol. The summed E-state index contributed by atoms with van der Waals surface area (Å²) >= 11 is 0. The van der Waals surface area contributed by atoms with Gasteiger partial charge in [-0.2, -0.15) is 0 Å². The summed E-state index contributed by atoms with van der Waals surface area (Å²) < 4.78 is 13.1. The Hall–Kier alpha value is -2.03. The Morgan fingerprint density at radius 1 is 1.11 bits per heavy atom. The highest BCUT2D eigenvalue weighted by Gasteiger charge is 2.02. The second-order valence-electron chi connectivity index (χ2n) is 4.84. The molecule has 2 aromatic rings. The first-order chi connectivity index (χ1) is 9.06. The van der Waals surface area contributed by atoms with Crippen molar-refractivity contribution < 1.29 is 4.39 Å². The number of aryl methyl sites for hydroxylation is 2. The topological polar surface area (TPSA) is 38.0 Å². The Kier molecular flexibility index (Phi) is 4.05. The Morgan fingerprint density at radius 2 is 1.89 bits per heavy atom. The first kappa shape index (κ1) is 13.4. The quantitative estimate of drug-likeness (QED) is 0.821. The molecule has 0 saturated heterocycles. The van der Waals surface area contributed by atoms with Gasteiger partial charge in [0, 0.05) is 6.54 Å². The largest absolute Gasteiger partial charge is 0.397 e. The standard InChI is InChI=1S/C16H19FN2/c1-11-3-4-12(2)13(9-11)7-8-19-16-10-14(17)5-6-15(16)18/h3-6,9-10,19H,7-8,18H2,1-2H3. The molecule has 0 bridgehead atoms. The molecule has 2 nitrogen and oxygen atoms in total. The van der Waals surface area contributed by atoms with Crippen LogP contribution < -0.4 is 11.1 Å². The number of hydrogen-bond donors (Lipinski definition) is 2. The minimum Gasteiger partial charge on any atom is -0.397 e. The van der Waals surface area contributed by atoms with Crippen LogP contribution in [0.25, 0.3) is 0 Å². The lowest BCUT2D eigenvalue weighted by atomic mass is 10.0. The molecule has 0 aliphatic carbocycles. The average molecular weight is 258 g/mol. The van der Waals surface area contributed by atoms with Gasteiger partial charge in [0.15, 0.2) is 0 Å². The highest BCUT2D eigenvalue weighted by molar-refractivity contribution is 5.65. The zero-order valence-corrected chi connectivity index (χ0v) is 11.3. The fourth-order valence-corrected chi connectivity index (χ4v) is 2.08. The molecule has 0 fully saturated rings. The van der Waals surface area contributed by atoms with Gasteiger partial charge in [-0.05, 0) is 49.6 Å². The third kappa shape index (κ3) is 3.47. The zero-order valence-electron chi connectivity index (χ0n) is 11.3. The first-order valence-electron chi connectivity index (χ1n) is 6.41. The zero-order chi connectivity index (χ0) is 13.8. The van der Waals surface area contributed by atoms with Crippen molar-refractivity contribution in [2.45, 2.75) is 20.3 Å². The van der Waals surface area contributed by atoms with Crippen molar-refractivity contribution in [3.8, 4) is 0 Å².